The second-order valence-corrected chi connectivity index (χ2v) is 4.30. The number of hydrogen-bond donors (Lipinski definition) is 3. The largest absolute Gasteiger partial charge is 0.504 e. The smallest absolute Gasteiger partial charge is 0.246 e. The van der Waals surface area contributed by atoms with Crippen LogP contribution in [0.25, 0.3) is 0 Å². The number of phenols is 1. The van der Waals surface area contributed by atoms with E-state index in [2.05, 4.69) is 10.4 Å². The molecule has 4 N–H and O–H groups in total. The molecule has 0 spiro atoms. The van der Waals surface area contributed by atoms with Crippen LogP contribution in [0.5, 0.6) is 11.5 Å². The monoisotopic (exact) mass is 276 g/mol. The van der Waals surface area contributed by atoms with E-state index in [9.17, 15) is 9.90 Å². The Bertz CT molecular complexity index is 624. The summed E-state index contributed by atoms with van der Waals surface area (Å²) in [6.45, 7) is 0. The van der Waals surface area contributed by atoms with E-state index in [0.29, 0.717) is 17.0 Å². The molecule has 0 fully saturated rings. The normalized spacial score (nSPS) is 11.9. The van der Waals surface area contributed by atoms with Crippen molar-refractivity contribution in [2.45, 2.75) is 6.04 Å². The van der Waals surface area contributed by atoms with Gasteiger partial charge in [0, 0.05) is 30.6 Å². The second kappa shape index (κ2) is 5.62. The number of hydrogen-bond acceptors (Lipinski definition) is 5. The molecule has 1 heterocycles. The molecule has 0 saturated heterocycles. The van der Waals surface area contributed by atoms with Crippen LogP contribution < -0.4 is 15.8 Å². The molecular formula is C13H16N4O3. The third kappa shape index (κ3) is 2.89. The highest BCUT2D eigenvalue weighted by atomic mass is 16.5. The minimum atomic E-state index is -0.826. The summed E-state index contributed by atoms with van der Waals surface area (Å²) < 4.78 is 6.50. The number of phenolic OH excluding ortho intramolecular Hbond substituents is 1. The maximum absolute atomic E-state index is 12.0. The first kappa shape index (κ1) is 13.9. The Hall–Kier alpha value is -2.54. The van der Waals surface area contributed by atoms with Crippen molar-refractivity contribution in [3.63, 3.8) is 0 Å². The lowest BCUT2D eigenvalue weighted by atomic mass is 10.1. The first-order chi connectivity index (χ1) is 9.51. The summed E-state index contributed by atoms with van der Waals surface area (Å²) in [6.07, 6.45) is 3.21. The molecule has 0 bridgehead atoms. The Morgan fingerprint density at radius 3 is 2.85 bits per heavy atom. The summed E-state index contributed by atoms with van der Waals surface area (Å²) >= 11 is 0. The molecule has 7 nitrogen and oxygen atoms in total. The van der Waals surface area contributed by atoms with Gasteiger partial charge in [-0.2, -0.15) is 5.10 Å². The lowest BCUT2D eigenvalue weighted by molar-refractivity contribution is -0.117. The predicted octanol–water partition coefficient (Wildman–Crippen LogP) is 0.773. The zero-order chi connectivity index (χ0) is 14.7. The van der Waals surface area contributed by atoms with Crippen molar-refractivity contribution in [2.75, 3.05) is 12.4 Å². The Morgan fingerprint density at radius 2 is 2.30 bits per heavy atom. The number of methoxy groups -OCH3 is 1. The summed E-state index contributed by atoms with van der Waals surface area (Å²) in [5.74, 6) is -0.109. The van der Waals surface area contributed by atoms with Crippen LogP contribution >= 0.6 is 0 Å². The lowest BCUT2D eigenvalue weighted by Crippen LogP contribution is -2.27. The maximum Gasteiger partial charge on any atom is 0.246 e. The van der Waals surface area contributed by atoms with Crippen LogP contribution in [0.4, 0.5) is 5.69 Å². The summed E-state index contributed by atoms with van der Waals surface area (Å²) in [7, 11) is 3.20. The Morgan fingerprint density at radius 1 is 1.55 bits per heavy atom. The van der Waals surface area contributed by atoms with Crippen LogP contribution in [0.1, 0.15) is 11.6 Å². The van der Waals surface area contributed by atoms with Crippen LogP contribution in [-0.4, -0.2) is 27.9 Å². The van der Waals surface area contributed by atoms with Crippen molar-refractivity contribution < 1.29 is 14.6 Å². The molecule has 0 aliphatic carbocycles. The summed E-state index contributed by atoms with van der Waals surface area (Å²) in [5.41, 5.74) is 6.89. The van der Waals surface area contributed by atoms with Crippen LogP contribution in [0.2, 0.25) is 0 Å². The summed E-state index contributed by atoms with van der Waals surface area (Å²) in [6, 6.07) is 3.74. The van der Waals surface area contributed by atoms with E-state index >= 15 is 0 Å². The van der Waals surface area contributed by atoms with Gasteiger partial charge < -0.3 is 20.9 Å². The number of benzene rings is 1. The highest BCUT2D eigenvalue weighted by molar-refractivity contribution is 5.95. The van der Waals surface area contributed by atoms with Gasteiger partial charge >= 0.3 is 0 Å². The minimum absolute atomic E-state index is 0.0553. The fraction of sp³-hybridized carbons (Fsp3) is 0.231. The second-order valence-electron chi connectivity index (χ2n) is 4.30. The number of aryl methyl sites for hydroxylation is 1. The van der Waals surface area contributed by atoms with Gasteiger partial charge in [-0.1, -0.05) is 0 Å². The number of carbonyl (C=O) groups is 1. The molecule has 0 radical (unpaired) electrons. The highest BCUT2D eigenvalue weighted by Gasteiger charge is 2.17. The van der Waals surface area contributed by atoms with Gasteiger partial charge in [0.2, 0.25) is 5.91 Å². The van der Waals surface area contributed by atoms with E-state index in [1.54, 1.807) is 30.1 Å². The molecule has 2 aromatic rings. The third-order valence-electron chi connectivity index (χ3n) is 2.81. The molecule has 106 valence electrons. The number of amides is 1. The molecule has 1 atom stereocenters. The van der Waals surface area contributed by atoms with Crippen LogP contribution in [-0.2, 0) is 11.8 Å². The molecule has 2 rings (SSSR count). The van der Waals surface area contributed by atoms with Crippen molar-refractivity contribution in [2.24, 2.45) is 12.8 Å². The minimum Gasteiger partial charge on any atom is -0.504 e. The van der Waals surface area contributed by atoms with Gasteiger partial charge in [-0.25, -0.2) is 0 Å². The quantitative estimate of drug-likeness (QED) is 0.765. The zero-order valence-electron chi connectivity index (χ0n) is 11.2. The number of nitrogens with one attached hydrogen (secondary N) is 1. The number of ether oxygens (including phenoxy) is 1. The predicted molar refractivity (Wildman–Crippen MR) is 73.4 cm³/mol. The van der Waals surface area contributed by atoms with Gasteiger partial charge in [0.15, 0.2) is 11.5 Å². The average molecular weight is 276 g/mol. The van der Waals surface area contributed by atoms with Crippen molar-refractivity contribution in [3.8, 4) is 11.5 Å². The van der Waals surface area contributed by atoms with E-state index in [4.69, 9.17) is 10.5 Å². The number of aromatic nitrogens is 2. The average Bonchev–Trinajstić information content (AvgIpc) is 2.84. The van der Waals surface area contributed by atoms with Gasteiger partial charge in [-0.15, -0.1) is 0 Å². The van der Waals surface area contributed by atoms with Gasteiger partial charge in [-0.3, -0.25) is 9.48 Å². The lowest BCUT2D eigenvalue weighted by Gasteiger charge is -2.11. The van der Waals surface area contributed by atoms with Gasteiger partial charge in [0.1, 0.15) is 6.04 Å². The van der Waals surface area contributed by atoms with E-state index in [0.717, 1.165) is 0 Å². The molecule has 1 aromatic carbocycles. The molecule has 1 aromatic heterocycles. The van der Waals surface area contributed by atoms with Crippen molar-refractivity contribution in [1.29, 1.82) is 0 Å². The van der Waals surface area contributed by atoms with Gasteiger partial charge in [-0.05, 0) is 12.1 Å². The molecule has 1 unspecified atom stereocenters. The van der Waals surface area contributed by atoms with Crippen molar-refractivity contribution >= 4 is 11.6 Å². The number of aromatic hydroxyl groups is 1. The van der Waals surface area contributed by atoms with E-state index < -0.39 is 6.04 Å². The fourth-order valence-electron chi connectivity index (χ4n) is 1.74. The molecule has 7 heteroatoms. The first-order valence-corrected chi connectivity index (χ1v) is 5.93. The van der Waals surface area contributed by atoms with E-state index in [1.807, 2.05) is 0 Å². The van der Waals surface area contributed by atoms with Crippen molar-refractivity contribution in [3.05, 3.63) is 36.2 Å². The molecule has 0 aliphatic heterocycles. The van der Waals surface area contributed by atoms with Gasteiger partial charge in [0.05, 0.1) is 13.3 Å². The molecular weight excluding hydrogens is 260 g/mol. The first-order valence-electron chi connectivity index (χ1n) is 5.93. The van der Waals surface area contributed by atoms with Crippen LogP contribution in [0, 0.1) is 0 Å². The van der Waals surface area contributed by atoms with E-state index in [-0.39, 0.29) is 11.7 Å². The number of rotatable bonds is 4. The van der Waals surface area contributed by atoms with Crippen LogP contribution in [0.3, 0.4) is 0 Å². The summed E-state index contributed by atoms with van der Waals surface area (Å²) in [5, 5.41) is 16.2. The maximum atomic E-state index is 12.0. The van der Waals surface area contributed by atoms with Crippen molar-refractivity contribution in [1.82, 2.24) is 9.78 Å². The van der Waals surface area contributed by atoms with Gasteiger partial charge in [0.25, 0.3) is 0 Å². The fourth-order valence-corrected chi connectivity index (χ4v) is 1.74. The Kier molecular flexibility index (Phi) is 3.90. The standard InChI is InChI=1S/C13H16N4O3/c1-17-7-8(6-15-17)12(14)13(19)16-9-3-4-11(20-2)10(18)5-9/h3-7,12,18H,14H2,1-2H3,(H,16,19). The topological polar surface area (TPSA) is 102 Å². The SMILES string of the molecule is COc1ccc(NC(=O)C(N)c2cnn(C)c2)cc1O. The number of nitrogens with two attached hydrogens (primary N) is 1. The molecule has 0 saturated carbocycles. The Balaban J connectivity index is 2.09. The highest BCUT2D eigenvalue weighted by Crippen LogP contribution is 2.28. The molecule has 1 amide bonds. The molecule has 20 heavy (non-hydrogen) atoms. The number of carbonyl (C=O) groups excluding carboxylic acids is 1. The summed E-state index contributed by atoms with van der Waals surface area (Å²) in [4.78, 5) is 12.0. The third-order valence-corrected chi connectivity index (χ3v) is 2.81. The number of nitrogens with zero attached hydrogens (tertiary/aromatic N) is 2. The van der Waals surface area contributed by atoms with E-state index in [1.165, 1.54) is 19.4 Å². The number of anilines is 1. The van der Waals surface area contributed by atoms with Crippen LogP contribution in [0.15, 0.2) is 30.6 Å². The Labute approximate surface area is 116 Å². The zero-order valence-corrected chi connectivity index (χ0v) is 11.2. The molecule has 0 aliphatic rings.